The minimum atomic E-state index is -0.302. The highest BCUT2D eigenvalue weighted by atomic mass is 16.1. The standard InChI is InChI=1S/C6H8N6O/c1-2-3-12-4-5(8-11-12)7-10-9-6(4)13/h2-3H2,1H3,(H,7,9,13). The number of hydrogen-bond acceptors (Lipinski definition) is 5. The lowest BCUT2D eigenvalue weighted by Crippen LogP contribution is -2.14. The van der Waals surface area contributed by atoms with Crippen LogP contribution in [0.5, 0.6) is 0 Å². The molecule has 13 heavy (non-hydrogen) atoms. The van der Waals surface area contributed by atoms with Gasteiger partial charge < -0.3 is 0 Å². The van der Waals surface area contributed by atoms with E-state index in [0.29, 0.717) is 12.1 Å². The van der Waals surface area contributed by atoms with Gasteiger partial charge in [-0.15, -0.1) is 10.2 Å². The summed E-state index contributed by atoms with van der Waals surface area (Å²) >= 11 is 0. The lowest BCUT2D eigenvalue weighted by molar-refractivity contribution is 0.594. The number of nitrogens with zero attached hydrogens (tertiary/aromatic N) is 5. The third kappa shape index (κ3) is 1.17. The molecule has 2 rings (SSSR count). The highest BCUT2D eigenvalue weighted by Crippen LogP contribution is 1.99. The van der Waals surface area contributed by atoms with E-state index in [4.69, 9.17) is 0 Å². The van der Waals surface area contributed by atoms with Gasteiger partial charge in [-0.1, -0.05) is 17.4 Å². The first-order valence-electron chi connectivity index (χ1n) is 3.97. The van der Waals surface area contributed by atoms with Gasteiger partial charge in [0, 0.05) is 6.54 Å². The van der Waals surface area contributed by atoms with Gasteiger partial charge >= 0.3 is 0 Å². The van der Waals surface area contributed by atoms with Crippen molar-refractivity contribution in [3.63, 3.8) is 0 Å². The Morgan fingerprint density at radius 3 is 3.08 bits per heavy atom. The number of hydrogen-bond donors (Lipinski definition) is 1. The number of rotatable bonds is 2. The molecule has 0 bridgehead atoms. The molecule has 2 heterocycles. The van der Waals surface area contributed by atoms with Crippen LogP contribution in [-0.2, 0) is 6.54 Å². The molecule has 7 heteroatoms. The summed E-state index contributed by atoms with van der Waals surface area (Å²) in [7, 11) is 0. The molecule has 0 atom stereocenters. The van der Waals surface area contributed by atoms with Crippen molar-refractivity contribution in [1.29, 1.82) is 0 Å². The topological polar surface area (TPSA) is 89.3 Å². The Kier molecular flexibility index (Phi) is 1.76. The normalized spacial score (nSPS) is 10.8. The summed E-state index contributed by atoms with van der Waals surface area (Å²) in [5.41, 5.74) is 0.373. The van der Waals surface area contributed by atoms with Crippen LogP contribution in [0.15, 0.2) is 4.79 Å². The van der Waals surface area contributed by atoms with Crippen molar-refractivity contribution < 1.29 is 0 Å². The van der Waals surface area contributed by atoms with Gasteiger partial charge in [-0.2, -0.15) is 0 Å². The van der Waals surface area contributed by atoms with Crippen molar-refractivity contribution >= 4 is 11.2 Å². The molecule has 1 N–H and O–H groups in total. The monoisotopic (exact) mass is 180 g/mol. The number of fused-ring (bicyclic) bond motifs is 1. The van der Waals surface area contributed by atoms with Crippen molar-refractivity contribution in [2.45, 2.75) is 19.9 Å². The maximum atomic E-state index is 11.3. The fourth-order valence-electron chi connectivity index (χ4n) is 1.13. The highest BCUT2D eigenvalue weighted by molar-refractivity contribution is 5.66. The van der Waals surface area contributed by atoms with E-state index in [1.807, 2.05) is 6.92 Å². The lowest BCUT2D eigenvalue weighted by Gasteiger charge is -1.95. The molecule has 2 aromatic heterocycles. The Morgan fingerprint density at radius 2 is 2.31 bits per heavy atom. The first kappa shape index (κ1) is 7.84. The summed E-state index contributed by atoms with van der Waals surface area (Å²) in [4.78, 5) is 11.3. The molecule has 0 fully saturated rings. The summed E-state index contributed by atoms with van der Waals surface area (Å²) in [5, 5.41) is 16.8. The molecule has 0 unspecified atom stereocenters. The van der Waals surface area contributed by atoms with Crippen molar-refractivity contribution in [2.75, 3.05) is 0 Å². The van der Waals surface area contributed by atoms with E-state index in [1.54, 1.807) is 0 Å². The first-order valence-corrected chi connectivity index (χ1v) is 3.97. The van der Waals surface area contributed by atoms with Gasteiger partial charge in [0.2, 0.25) is 5.65 Å². The summed E-state index contributed by atoms with van der Waals surface area (Å²) in [6.45, 7) is 2.65. The van der Waals surface area contributed by atoms with Crippen LogP contribution in [0.1, 0.15) is 13.3 Å². The van der Waals surface area contributed by atoms with Crippen LogP contribution in [0.2, 0.25) is 0 Å². The Labute approximate surface area is 72.8 Å². The van der Waals surface area contributed by atoms with E-state index in [9.17, 15) is 4.79 Å². The van der Waals surface area contributed by atoms with Crippen molar-refractivity contribution in [2.24, 2.45) is 0 Å². The zero-order valence-corrected chi connectivity index (χ0v) is 7.06. The molecular weight excluding hydrogens is 172 g/mol. The van der Waals surface area contributed by atoms with Crippen LogP contribution in [0.25, 0.3) is 11.2 Å². The smallest absolute Gasteiger partial charge is 0.265 e. The second-order valence-corrected chi connectivity index (χ2v) is 2.63. The SMILES string of the molecule is CCCn1nnc2nn[nH]c(=O)c21. The molecule has 0 spiro atoms. The van der Waals surface area contributed by atoms with Crippen molar-refractivity contribution in [1.82, 2.24) is 30.4 Å². The Hall–Kier alpha value is -1.79. The van der Waals surface area contributed by atoms with Crippen molar-refractivity contribution in [3.8, 4) is 0 Å². The predicted molar refractivity (Wildman–Crippen MR) is 44.0 cm³/mol. The molecule has 7 nitrogen and oxygen atoms in total. The number of aromatic nitrogens is 6. The molecule has 0 saturated heterocycles. The zero-order chi connectivity index (χ0) is 9.26. The van der Waals surface area contributed by atoms with Crippen LogP contribution in [0, 0.1) is 0 Å². The zero-order valence-electron chi connectivity index (χ0n) is 7.06. The second-order valence-electron chi connectivity index (χ2n) is 2.63. The minimum Gasteiger partial charge on any atom is -0.265 e. The second kappa shape index (κ2) is 2.92. The van der Waals surface area contributed by atoms with E-state index in [2.05, 4.69) is 25.7 Å². The van der Waals surface area contributed by atoms with Gasteiger partial charge in [0.25, 0.3) is 5.56 Å². The lowest BCUT2D eigenvalue weighted by atomic mass is 10.4. The molecule has 0 aliphatic carbocycles. The third-order valence-corrected chi connectivity index (χ3v) is 1.66. The van der Waals surface area contributed by atoms with Gasteiger partial charge in [0.15, 0.2) is 5.52 Å². The van der Waals surface area contributed by atoms with Crippen LogP contribution in [0.4, 0.5) is 0 Å². The van der Waals surface area contributed by atoms with Crippen LogP contribution in [0.3, 0.4) is 0 Å². The highest BCUT2D eigenvalue weighted by Gasteiger charge is 2.08. The summed E-state index contributed by atoms with van der Waals surface area (Å²) < 4.78 is 1.53. The Balaban J connectivity index is 2.71. The van der Waals surface area contributed by atoms with E-state index in [-0.39, 0.29) is 11.2 Å². The van der Waals surface area contributed by atoms with Gasteiger partial charge in [-0.25, -0.2) is 9.78 Å². The minimum absolute atomic E-state index is 0.289. The first-order chi connectivity index (χ1) is 6.33. The average Bonchev–Trinajstić information content (AvgIpc) is 2.51. The molecule has 2 aromatic rings. The van der Waals surface area contributed by atoms with Gasteiger partial charge in [-0.3, -0.25) is 4.79 Å². The molecule has 0 aromatic carbocycles. The van der Waals surface area contributed by atoms with Crippen LogP contribution >= 0.6 is 0 Å². The maximum absolute atomic E-state index is 11.3. The van der Waals surface area contributed by atoms with E-state index >= 15 is 0 Å². The summed E-state index contributed by atoms with van der Waals surface area (Å²) in [5.74, 6) is 0. The Morgan fingerprint density at radius 1 is 1.46 bits per heavy atom. The molecule has 0 saturated carbocycles. The molecule has 68 valence electrons. The number of aryl methyl sites for hydroxylation is 1. The largest absolute Gasteiger partial charge is 0.295 e. The fourth-order valence-corrected chi connectivity index (χ4v) is 1.13. The summed E-state index contributed by atoms with van der Waals surface area (Å²) in [6.07, 6.45) is 0.889. The maximum Gasteiger partial charge on any atom is 0.295 e. The van der Waals surface area contributed by atoms with Gasteiger partial charge in [-0.05, 0) is 6.42 Å². The molecule has 0 amide bonds. The van der Waals surface area contributed by atoms with Crippen molar-refractivity contribution in [3.05, 3.63) is 10.4 Å². The van der Waals surface area contributed by atoms with E-state index < -0.39 is 0 Å². The fraction of sp³-hybridized carbons (Fsp3) is 0.500. The van der Waals surface area contributed by atoms with E-state index in [0.717, 1.165) is 6.42 Å². The number of aromatic amines is 1. The van der Waals surface area contributed by atoms with E-state index in [1.165, 1.54) is 4.68 Å². The molecule has 0 radical (unpaired) electrons. The number of nitrogens with one attached hydrogen (secondary N) is 1. The average molecular weight is 180 g/mol. The van der Waals surface area contributed by atoms with Gasteiger partial charge in [0.05, 0.1) is 0 Å². The predicted octanol–water partition coefficient (Wildman–Crippen LogP) is -0.680. The molecular formula is C6H8N6O. The summed E-state index contributed by atoms with van der Waals surface area (Å²) in [6, 6.07) is 0. The van der Waals surface area contributed by atoms with Crippen LogP contribution < -0.4 is 5.56 Å². The van der Waals surface area contributed by atoms with Gasteiger partial charge in [0.1, 0.15) is 0 Å². The number of H-pyrrole nitrogens is 1. The quantitative estimate of drug-likeness (QED) is 0.661. The van der Waals surface area contributed by atoms with Crippen LogP contribution in [-0.4, -0.2) is 30.4 Å². The third-order valence-electron chi connectivity index (χ3n) is 1.66. The molecule has 0 aliphatic heterocycles. The molecule has 0 aliphatic rings. The Bertz CT molecular complexity index is 471.